The van der Waals surface area contributed by atoms with Gasteiger partial charge in [-0.15, -0.1) is 0 Å². The molecule has 0 saturated heterocycles. The van der Waals surface area contributed by atoms with Gasteiger partial charge in [0.1, 0.15) is 6.07 Å². The van der Waals surface area contributed by atoms with Gasteiger partial charge in [-0.25, -0.2) is 4.79 Å². The van der Waals surface area contributed by atoms with Crippen LogP contribution in [0.2, 0.25) is 0 Å². The molecule has 0 aliphatic rings. The van der Waals surface area contributed by atoms with Crippen molar-refractivity contribution in [2.45, 2.75) is 22.7 Å². The van der Waals surface area contributed by atoms with Gasteiger partial charge in [-0.05, 0) is 30.3 Å². The Labute approximate surface area is 126 Å². The SMILES string of the molecule is CCOC(=O)c1ccc(CBr)c(C#N)c1SC(F)(F)F. The van der Waals surface area contributed by atoms with Gasteiger partial charge in [0.15, 0.2) is 0 Å². The normalized spacial score (nSPS) is 11.0. The summed E-state index contributed by atoms with van der Waals surface area (Å²) in [6, 6.07) is 4.39. The molecule has 0 spiro atoms. The first-order valence-corrected chi connectivity index (χ1v) is 7.32. The Bertz CT molecular complexity index is 555. The zero-order chi connectivity index (χ0) is 15.3. The highest BCUT2D eigenvalue weighted by Gasteiger charge is 2.34. The third-order valence-electron chi connectivity index (χ3n) is 2.21. The van der Waals surface area contributed by atoms with E-state index in [0.717, 1.165) is 0 Å². The fraction of sp³-hybridized carbons (Fsp3) is 0.333. The lowest BCUT2D eigenvalue weighted by Crippen LogP contribution is -2.11. The van der Waals surface area contributed by atoms with Crippen molar-refractivity contribution in [1.82, 2.24) is 0 Å². The number of thioether (sulfide) groups is 1. The van der Waals surface area contributed by atoms with Gasteiger partial charge in [0.05, 0.1) is 17.7 Å². The molecule has 0 aromatic heterocycles. The molecule has 1 aromatic carbocycles. The topological polar surface area (TPSA) is 50.1 Å². The van der Waals surface area contributed by atoms with Crippen molar-refractivity contribution in [3.8, 4) is 6.07 Å². The molecule has 20 heavy (non-hydrogen) atoms. The van der Waals surface area contributed by atoms with Crippen molar-refractivity contribution >= 4 is 33.7 Å². The van der Waals surface area contributed by atoms with Crippen LogP contribution in [0.25, 0.3) is 0 Å². The zero-order valence-corrected chi connectivity index (χ0v) is 12.7. The Morgan fingerprint density at radius 2 is 2.15 bits per heavy atom. The van der Waals surface area contributed by atoms with E-state index < -0.39 is 28.1 Å². The number of rotatable bonds is 4. The second kappa shape index (κ2) is 6.99. The molecular weight excluding hydrogens is 359 g/mol. The van der Waals surface area contributed by atoms with E-state index in [1.807, 2.05) is 0 Å². The summed E-state index contributed by atoms with van der Waals surface area (Å²) in [6.45, 7) is 1.59. The van der Waals surface area contributed by atoms with Crippen LogP contribution in [0.1, 0.15) is 28.4 Å². The van der Waals surface area contributed by atoms with Crippen molar-refractivity contribution in [3.63, 3.8) is 0 Å². The third-order valence-corrected chi connectivity index (χ3v) is 3.68. The van der Waals surface area contributed by atoms with Crippen molar-refractivity contribution in [2.75, 3.05) is 6.61 Å². The lowest BCUT2D eigenvalue weighted by atomic mass is 10.1. The highest BCUT2D eigenvalue weighted by Crippen LogP contribution is 2.41. The van der Waals surface area contributed by atoms with Gasteiger partial charge in [0.2, 0.25) is 0 Å². The van der Waals surface area contributed by atoms with Crippen molar-refractivity contribution in [3.05, 3.63) is 28.8 Å². The van der Waals surface area contributed by atoms with Crippen LogP contribution >= 0.6 is 27.7 Å². The number of nitriles is 1. The highest BCUT2D eigenvalue weighted by atomic mass is 79.9. The summed E-state index contributed by atoms with van der Waals surface area (Å²) < 4.78 is 42.6. The number of halogens is 4. The summed E-state index contributed by atoms with van der Waals surface area (Å²) in [5.74, 6) is -0.878. The summed E-state index contributed by atoms with van der Waals surface area (Å²) in [5, 5.41) is 9.27. The van der Waals surface area contributed by atoms with E-state index in [4.69, 9.17) is 10.00 Å². The minimum absolute atomic E-state index is 0.0387. The number of carbonyl (C=O) groups excluding carboxylic acids is 1. The molecule has 3 nitrogen and oxygen atoms in total. The Kier molecular flexibility index (Phi) is 5.89. The smallest absolute Gasteiger partial charge is 0.446 e. The Balaban J connectivity index is 3.45. The molecule has 0 unspecified atom stereocenters. The van der Waals surface area contributed by atoms with Gasteiger partial charge >= 0.3 is 11.5 Å². The number of nitrogens with zero attached hydrogens (tertiary/aromatic N) is 1. The van der Waals surface area contributed by atoms with Crippen LogP contribution in [0.4, 0.5) is 13.2 Å². The van der Waals surface area contributed by atoms with E-state index in [1.54, 1.807) is 13.0 Å². The van der Waals surface area contributed by atoms with Crippen molar-refractivity contribution in [1.29, 1.82) is 5.26 Å². The number of ether oxygens (including phenoxy) is 1. The summed E-state index contributed by atoms with van der Waals surface area (Å²) in [4.78, 5) is 11.3. The molecule has 0 N–H and O–H groups in total. The molecular formula is C12H9BrF3NO2S. The van der Waals surface area contributed by atoms with Gasteiger partial charge in [-0.1, -0.05) is 22.0 Å². The Morgan fingerprint density at radius 3 is 2.60 bits per heavy atom. The standard InChI is InChI=1S/C12H9BrF3NO2S/c1-2-19-11(18)8-4-3-7(5-13)9(6-17)10(8)20-12(14,15)16/h3-4H,2,5H2,1H3. The van der Waals surface area contributed by atoms with Gasteiger partial charge in [0.25, 0.3) is 0 Å². The summed E-state index contributed by atoms with van der Waals surface area (Å²) in [5.41, 5.74) is -4.64. The van der Waals surface area contributed by atoms with Gasteiger partial charge < -0.3 is 4.74 Å². The third kappa shape index (κ3) is 4.15. The van der Waals surface area contributed by atoms with Crippen LogP contribution in [0.3, 0.4) is 0 Å². The highest BCUT2D eigenvalue weighted by molar-refractivity contribution is 9.08. The summed E-state index contributed by atoms with van der Waals surface area (Å²) in [6.07, 6.45) is 0. The first-order valence-electron chi connectivity index (χ1n) is 5.38. The molecule has 1 aromatic rings. The van der Waals surface area contributed by atoms with E-state index in [9.17, 15) is 18.0 Å². The van der Waals surface area contributed by atoms with Crippen LogP contribution < -0.4 is 0 Å². The Morgan fingerprint density at radius 1 is 1.50 bits per heavy atom. The number of esters is 1. The van der Waals surface area contributed by atoms with Gasteiger partial charge in [-0.2, -0.15) is 18.4 Å². The van der Waals surface area contributed by atoms with E-state index in [2.05, 4.69) is 15.9 Å². The minimum atomic E-state index is -4.60. The van der Waals surface area contributed by atoms with E-state index in [1.165, 1.54) is 12.1 Å². The first kappa shape index (κ1) is 16.9. The number of hydrogen-bond acceptors (Lipinski definition) is 4. The van der Waals surface area contributed by atoms with Crippen molar-refractivity contribution in [2.24, 2.45) is 0 Å². The number of hydrogen-bond donors (Lipinski definition) is 0. The largest absolute Gasteiger partial charge is 0.462 e. The maximum atomic E-state index is 12.6. The van der Waals surface area contributed by atoms with Crippen LogP contribution in [0, 0.1) is 11.3 Å². The summed E-state index contributed by atoms with van der Waals surface area (Å²) in [7, 11) is 0. The zero-order valence-electron chi connectivity index (χ0n) is 10.3. The molecule has 0 amide bonds. The second-order valence-electron chi connectivity index (χ2n) is 3.49. The van der Waals surface area contributed by atoms with Gasteiger partial charge in [0, 0.05) is 10.2 Å². The van der Waals surface area contributed by atoms with Crippen LogP contribution in [-0.2, 0) is 10.1 Å². The van der Waals surface area contributed by atoms with Crippen molar-refractivity contribution < 1.29 is 22.7 Å². The van der Waals surface area contributed by atoms with Crippen LogP contribution in [-0.4, -0.2) is 18.1 Å². The molecule has 0 bridgehead atoms. The molecule has 0 aliphatic carbocycles. The molecule has 0 fully saturated rings. The molecule has 1 rings (SSSR count). The predicted molar refractivity (Wildman–Crippen MR) is 71.7 cm³/mol. The van der Waals surface area contributed by atoms with E-state index in [-0.39, 0.29) is 23.1 Å². The van der Waals surface area contributed by atoms with Crippen LogP contribution in [0.5, 0.6) is 0 Å². The van der Waals surface area contributed by atoms with E-state index >= 15 is 0 Å². The second-order valence-corrected chi connectivity index (χ2v) is 5.13. The number of carbonyl (C=O) groups is 1. The number of benzene rings is 1. The minimum Gasteiger partial charge on any atom is -0.462 e. The molecule has 0 aliphatic heterocycles. The first-order chi connectivity index (χ1) is 9.34. The van der Waals surface area contributed by atoms with Crippen LogP contribution in [0.15, 0.2) is 17.0 Å². The quantitative estimate of drug-likeness (QED) is 0.453. The maximum absolute atomic E-state index is 12.6. The van der Waals surface area contributed by atoms with Gasteiger partial charge in [-0.3, -0.25) is 0 Å². The fourth-order valence-electron chi connectivity index (χ4n) is 1.45. The monoisotopic (exact) mass is 367 g/mol. The average Bonchev–Trinajstić information content (AvgIpc) is 2.36. The number of alkyl halides is 4. The molecule has 0 radical (unpaired) electrons. The Hall–Kier alpha value is -1.20. The lowest BCUT2D eigenvalue weighted by Gasteiger charge is -2.14. The maximum Gasteiger partial charge on any atom is 0.446 e. The lowest BCUT2D eigenvalue weighted by molar-refractivity contribution is -0.0328. The molecule has 8 heteroatoms. The predicted octanol–water partition coefficient (Wildman–Crippen LogP) is 4.24. The molecule has 0 heterocycles. The fourth-order valence-corrected chi connectivity index (χ4v) is 2.69. The summed E-state index contributed by atoms with van der Waals surface area (Å²) >= 11 is 2.62. The molecule has 0 atom stereocenters. The molecule has 108 valence electrons. The molecule has 0 saturated carbocycles. The average molecular weight is 368 g/mol. The van der Waals surface area contributed by atoms with E-state index in [0.29, 0.717) is 5.56 Å².